The van der Waals surface area contributed by atoms with Gasteiger partial charge >= 0.3 is 0 Å². The van der Waals surface area contributed by atoms with Crippen LogP contribution in [0.15, 0.2) is 60.7 Å². The Morgan fingerprint density at radius 1 is 0.786 bits per heavy atom. The fourth-order valence-corrected chi connectivity index (χ4v) is 3.00. The minimum Gasteiger partial charge on any atom is -0.494 e. The Balaban J connectivity index is 1.55. The van der Waals surface area contributed by atoms with Crippen LogP contribution in [0.5, 0.6) is 11.5 Å². The molecule has 2 atom stereocenters. The Labute approximate surface area is 164 Å². The van der Waals surface area contributed by atoms with Crippen LogP contribution in [0, 0.1) is 11.8 Å². The van der Waals surface area contributed by atoms with E-state index in [0.29, 0.717) is 30.2 Å². The number of hydrogen-bond donors (Lipinski definition) is 2. The SMILES string of the molecule is C=C1[C@@H](C(=O)Nc2ccc(OCC)cc2)[C@@H]1C(=O)Nc1ccc(OCC)cc1. The van der Waals surface area contributed by atoms with E-state index in [1.165, 1.54) is 0 Å². The van der Waals surface area contributed by atoms with Crippen LogP contribution in [0.25, 0.3) is 0 Å². The van der Waals surface area contributed by atoms with Crippen LogP contribution in [-0.4, -0.2) is 25.0 Å². The van der Waals surface area contributed by atoms with E-state index in [9.17, 15) is 9.59 Å². The lowest BCUT2D eigenvalue weighted by molar-refractivity contribution is -0.122. The third-order valence-electron chi connectivity index (χ3n) is 4.45. The molecule has 0 bridgehead atoms. The minimum absolute atomic E-state index is 0.235. The Morgan fingerprint density at radius 3 is 1.46 bits per heavy atom. The van der Waals surface area contributed by atoms with Crippen molar-refractivity contribution in [1.82, 2.24) is 0 Å². The molecule has 0 radical (unpaired) electrons. The molecule has 0 aromatic heterocycles. The largest absolute Gasteiger partial charge is 0.494 e. The molecule has 0 saturated heterocycles. The smallest absolute Gasteiger partial charge is 0.232 e. The fraction of sp³-hybridized carbons (Fsp3) is 0.273. The molecule has 3 rings (SSSR count). The quantitative estimate of drug-likeness (QED) is 0.682. The molecule has 6 heteroatoms. The highest BCUT2D eigenvalue weighted by molar-refractivity contribution is 6.08. The Bertz CT molecular complexity index is 788. The maximum absolute atomic E-state index is 12.5. The summed E-state index contributed by atoms with van der Waals surface area (Å²) in [5.41, 5.74) is 1.92. The normalized spacial score (nSPS) is 17.6. The van der Waals surface area contributed by atoms with E-state index in [1.807, 2.05) is 13.8 Å². The summed E-state index contributed by atoms with van der Waals surface area (Å²) >= 11 is 0. The number of rotatable bonds is 8. The lowest BCUT2D eigenvalue weighted by Gasteiger charge is -2.08. The summed E-state index contributed by atoms with van der Waals surface area (Å²) in [6.07, 6.45) is 0. The highest BCUT2D eigenvalue weighted by Gasteiger charge is 2.52. The van der Waals surface area contributed by atoms with Crippen LogP contribution in [0.3, 0.4) is 0 Å². The third kappa shape index (κ3) is 4.52. The zero-order chi connectivity index (χ0) is 20.1. The number of carbonyl (C=O) groups excluding carboxylic acids is 2. The molecule has 28 heavy (non-hydrogen) atoms. The highest BCUT2D eigenvalue weighted by Crippen LogP contribution is 2.45. The van der Waals surface area contributed by atoms with Gasteiger partial charge in [-0.1, -0.05) is 12.2 Å². The summed E-state index contributed by atoms with van der Waals surface area (Å²) < 4.78 is 10.8. The molecule has 1 fully saturated rings. The van der Waals surface area contributed by atoms with Gasteiger partial charge in [0.05, 0.1) is 25.0 Å². The third-order valence-corrected chi connectivity index (χ3v) is 4.45. The van der Waals surface area contributed by atoms with E-state index in [-0.39, 0.29) is 11.8 Å². The summed E-state index contributed by atoms with van der Waals surface area (Å²) in [4.78, 5) is 25.0. The second-order valence-corrected chi connectivity index (χ2v) is 6.42. The minimum atomic E-state index is -0.519. The van der Waals surface area contributed by atoms with E-state index in [0.717, 1.165) is 11.5 Å². The molecule has 0 heterocycles. The van der Waals surface area contributed by atoms with Crippen LogP contribution < -0.4 is 20.1 Å². The molecule has 1 aliphatic carbocycles. The number of hydrogen-bond acceptors (Lipinski definition) is 4. The molecule has 1 saturated carbocycles. The van der Waals surface area contributed by atoms with E-state index in [4.69, 9.17) is 9.47 Å². The molecule has 2 amide bonds. The Hall–Kier alpha value is -3.28. The van der Waals surface area contributed by atoms with Crippen molar-refractivity contribution in [3.05, 3.63) is 60.7 Å². The van der Waals surface area contributed by atoms with Gasteiger partial charge in [0, 0.05) is 11.4 Å². The second kappa shape index (κ2) is 8.61. The molecule has 2 aromatic carbocycles. The van der Waals surface area contributed by atoms with Gasteiger partial charge in [0.25, 0.3) is 0 Å². The van der Waals surface area contributed by atoms with Crippen LogP contribution in [0.1, 0.15) is 13.8 Å². The summed E-state index contributed by atoms with van der Waals surface area (Å²) in [5.74, 6) is -0.0292. The Morgan fingerprint density at radius 2 is 1.14 bits per heavy atom. The summed E-state index contributed by atoms with van der Waals surface area (Å²) in [6, 6.07) is 14.2. The van der Waals surface area contributed by atoms with Crippen molar-refractivity contribution < 1.29 is 19.1 Å². The van der Waals surface area contributed by atoms with Crippen molar-refractivity contribution >= 4 is 23.2 Å². The van der Waals surface area contributed by atoms with E-state index in [1.54, 1.807) is 48.5 Å². The molecular formula is C22H24N2O4. The highest BCUT2D eigenvalue weighted by atomic mass is 16.5. The van der Waals surface area contributed by atoms with Gasteiger partial charge in [-0.2, -0.15) is 0 Å². The number of carbonyl (C=O) groups is 2. The number of anilines is 2. The monoisotopic (exact) mass is 380 g/mol. The van der Waals surface area contributed by atoms with Crippen molar-refractivity contribution in [2.75, 3.05) is 23.8 Å². The average Bonchev–Trinajstić information content (AvgIpc) is 3.37. The molecule has 146 valence electrons. The zero-order valence-corrected chi connectivity index (χ0v) is 16.0. The van der Waals surface area contributed by atoms with E-state index >= 15 is 0 Å². The van der Waals surface area contributed by atoms with Gasteiger partial charge in [-0.25, -0.2) is 0 Å². The molecule has 0 aliphatic heterocycles. The van der Waals surface area contributed by atoms with Crippen molar-refractivity contribution in [3.8, 4) is 11.5 Å². The first-order valence-corrected chi connectivity index (χ1v) is 9.29. The van der Waals surface area contributed by atoms with Crippen LogP contribution >= 0.6 is 0 Å². The Kier molecular flexibility index (Phi) is 5.99. The van der Waals surface area contributed by atoms with Gasteiger partial charge in [-0.15, -0.1) is 0 Å². The van der Waals surface area contributed by atoms with Crippen molar-refractivity contribution in [1.29, 1.82) is 0 Å². The predicted octanol–water partition coefficient (Wildman–Crippen LogP) is 3.86. The second-order valence-electron chi connectivity index (χ2n) is 6.42. The summed E-state index contributed by atoms with van der Waals surface area (Å²) in [7, 11) is 0. The van der Waals surface area contributed by atoms with Crippen molar-refractivity contribution in [2.45, 2.75) is 13.8 Å². The maximum atomic E-state index is 12.5. The predicted molar refractivity (Wildman–Crippen MR) is 109 cm³/mol. The lowest BCUT2D eigenvalue weighted by atomic mass is 10.2. The summed E-state index contributed by atoms with van der Waals surface area (Å²) in [6.45, 7) is 8.85. The van der Waals surface area contributed by atoms with Crippen LogP contribution in [-0.2, 0) is 9.59 Å². The fourth-order valence-electron chi connectivity index (χ4n) is 3.00. The number of nitrogens with one attached hydrogen (secondary N) is 2. The van der Waals surface area contributed by atoms with Gasteiger partial charge in [0.2, 0.25) is 11.8 Å². The molecule has 0 spiro atoms. The topological polar surface area (TPSA) is 76.7 Å². The standard InChI is InChI=1S/C22H24N2O4/c1-4-27-17-10-6-15(7-11-17)23-21(25)19-14(3)20(19)22(26)24-16-8-12-18(13-9-16)28-5-2/h6-13,19-20H,3-5H2,1-2H3,(H,23,25)(H,24,26)/t19-,20-/m1/s1. The zero-order valence-electron chi connectivity index (χ0n) is 16.0. The first kappa shape index (κ1) is 19.5. The molecule has 2 aromatic rings. The van der Waals surface area contributed by atoms with Gasteiger partial charge in [0.1, 0.15) is 11.5 Å². The lowest BCUT2D eigenvalue weighted by Crippen LogP contribution is -2.20. The van der Waals surface area contributed by atoms with E-state index in [2.05, 4.69) is 17.2 Å². The van der Waals surface area contributed by atoms with E-state index < -0.39 is 11.8 Å². The molecule has 0 unspecified atom stereocenters. The molecule has 6 nitrogen and oxygen atoms in total. The summed E-state index contributed by atoms with van der Waals surface area (Å²) in [5, 5.41) is 5.64. The van der Waals surface area contributed by atoms with Crippen LogP contribution in [0.2, 0.25) is 0 Å². The van der Waals surface area contributed by atoms with Gasteiger partial charge < -0.3 is 20.1 Å². The maximum Gasteiger partial charge on any atom is 0.232 e. The van der Waals surface area contributed by atoms with Crippen molar-refractivity contribution in [2.24, 2.45) is 11.8 Å². The first-order chi connectivity index (χ1) is 13.5. The van der Waals surface area contributed by atoms with Crippen molar-refractivity contribution in [3.63, 3.8) is 0 Å². The first-order valence-electron chi connectivity index (χ1n) is 9.29. The molecule has 2 N–H and O–H groups in total. The number of benzene rings is 2. The van der Waals surface area contributed by atoms with Gasteiger partial charge in [0.15, 0.2) is 0 Å². The molecular weight excluding hydrogens is 356 g/mol. The average molecular weight is 380 g/mol. The number of ether oxygens (including phenoxy) is 2. The van der Waals surface area contributed by atoms with Gasteiger partial charge in [-0.3, -0.25) is 9.59 Å². The van der Waals surface area contributed by atoms with Crippen LogP contribution in [0.4, 0.5) is 11.4 Å². The molecule has 1 aliphatic rings. The number of amides is 2. The van der Waals surface area contributed by atoms with Gasteiger partial charge in [-0.05, 0) is 62.4 Å².